The molecule has 9 nitrogen and oxygen atoms in total. The van der Waals surface area contributed by atoms with Gasteiger partial charge < -0.3 is 29.3 Å². The van der Waals surface area contributed by atoms with Crippen LogP contribution in [0.1, 0.15) is 96.1 Å². The van der Waals surface area contributed by atoms with Gasteiger partial charge in [0.15, 0.2) is 0 Å². The van der Waals surface area contributed by atoms with E-state index in [1.807, 2.05) is 60.8 Å². The number of hydrogen-bond donors (Lipinski definition) is 2. The summed E-state index contributed by atoms with van der Waals surface area (Å²) in [5.74, 6) is 0.583. The number of carbonyl (C=O) groups excluding carboxylic acids is 2. The third-order valence-corrected chi connectivity index (χ3v) is 11.9. The van der Waals surface area contributed by atoms with Gasteiger partial charge in [-0.2, -0.15) is 0 Å². The van der Waals surface area contributed by atoms with Crippen molar-refractivity contribution in [3.63, 3.8) is 0 Å². The van der Waals surface area contributed by atoms with E-state index in [0.717, 1.165) is 22.9 Å². The molecule has 3 aliphatic carbocycles. The minimum absolute atomic E-state index is 0.0233. The standard InChI is InChI=1S/C39H51BN4O5/c1-24(2)18-34(40-47-33-20-27-19-32(37(27,5)6)38(33,7)48-40)42-36(46)39(21-26-12-9-8-10-13-26)22-28(43-49-39)23-41-35(45)30-14-11-15-31-29(30)16-17-44(31)25(3)4/h8-17,24-25,27,32-34H,18-23H2,1-7H3,(H,41,45)(H,42,46)/t27-,32-,33+,34-,38-,39?/m0/s1. The Labute approximate surface area is 290 Å². The highest BCUT2D eigenvalue weighted by molar-refractivity contribution is 6.48. The van der Waals surface area contributed by atoms with Crippen LogP contribution in [0.4, 0.5) is 0 Å². The molecule has 2 bridgehead atoms. The lowest BCUT2D eigenvalue weighted by Gasteiger charge is -2.64. The van der Waals surface area contributed by atoms with Crippen LogP contribution in [-0.2, 0) is 25.4 Å². The van der Waals surface area contributed by atoms with Crippen LogP contribution in [-0.4, -0.2) is 59.0 Å². The van der Waals surface area contributed by atoms with E-state index in [9.17, 15) is 9.59 Å². The van der Waals surface area contributed by atoms with Crippen LogP contribution in [0.3, 0.4) is 0 Å². The van der Waals surface area contributed by atoms with Crippen molar-refractivity contribution in [2.75, 3.05) is 6.54 Å². The molecule has 3 aromatic rings. The predicted octanol–water partition coefficient (Wildman–Crippen LogP) is 6.51. The lowest BCUT2D eigenvalue weighted by atomic mass is 9.43. The Hall–Kier alpha value is -3.63. The number of benzene rings is 2. The molecule has 2 amide bonds. The summed E-state index contributed by atoms with van der Waals surface area (Å²) >= 11 is 0. The summed E-state index contributed by atoms with van der Waals surface area (Å²) < 4.78 is 15.6. The van der Waals surface area contributed by atoms with E-state index < -0.39 is 12.7 Å². The van der Waals surface area contributed by atoms with E-state index in [1.165, 1.54) is 6.42 Å². The number of rotatable bonds is 11. The Morgan fingerprint density at radius 3 is 2.51 bits per heavy atom. The second kappa shape index (κ2) is 12.6. The topological polar surface area (TPSA) is 103 Å². The van der Waals surface area contributed by atoms with Gasteiger partial charge in [0.2, 0.25) is 5.60 Å². The minimum atomic E-state index is -1.27. The van der Waals surface area contributed by atoms with Crippen LogP contribution < -0.4 is 10.6 Å². The molecule has 1 saturated heterocycles. The number of carbonyl (C=O) groups is 2. The van der Waals surface area contributed by atoms with E-state index in [4.69, 9.17) is 14.1 Å². The molecule has 0 radical (unpaired) electrons. The van der Waals surface area contributed by atoms with Crippen LogP contribution in [0.5, 0.6) is 0 Å². The van der Waals surface area contributed by atoms with Crippen LogP contribution in [0, 0.1) is 23.2 Å². The summed E-state index contributed by atoms with van der Waals surface area (Å²) in [6.07, 6.45) is 5.48. The molecule has 4 fully saturated rings. The minimum Gasteiger partial charge on any atom is -0.404 e. The quantitative estimate of drug-likeness (QED) is 0.227. The Kier molecular flexibility index (Phi) is 8.71. The molecule has 2 N–H and O–H groups in total. The van der Waals surface area contributed by atoms with Gasteiger partial charge in [-0.25, -0.2) is 0 Å². The lowest BCUT2D eigenvalue weighted by Crippen LogP contribution is -2.65. The summed E-state index contributed by atoms with van der Waals surface area (Å²) in [7, 11) is -0.542. The monoisotopic (exact) mass is 666 g/mol. The van der Waals surface area contributed by atoms with Gasteiger partial charge in [0, 0.05) is 41.5 Å². The van der Waals surface area contributed by atoms with Gasteiger partial charge in [0.1, 0.15) is 0 Å². The molecule has 10 heteroatoms. The average molecular weight is 667 g/mol. The Morgan fingerprint density at radius 1 is 1.02 bits per heavy atom. The number of hydrogen-bond acceptors (Lipinski definition) is 6. The average Bonchev–Trinajstić information content (AvgIpc) is 3.78. The first-order valence-corrected chi connectivity index (χ1v) is 18.1. The number of amides is 2. The molecule has 1 aromatic heterocycles. The number of nitrogens with one attached hydrogen (secondary N) is 2. The van der Waals surface area contributed by atoms with E-state index in [2.05, 4.69) is 68.8 Å². The number of nitrogens with zero attached hydrogens (tertiary/aromatic N) is 2. The Morgan fingerprint density at radius 2 is 1.80 bits per heavy atom. The molecule has 6 atom stereocenters. The van der Waals surface area contributed by atoms with Gasteiger partial charge in [-0.1, -0.05) is 69.2 Å². The van der Waals surface area contributed by atoms with Gasteiger partial charge in [-0.05, 0) is 87.0 Å². The molecule has 3 saturated carbocycles. The SMILES string of the molecule is CC(C)C[C@H](NC(=O)C1(Cc2ccccc2)CC(CNC(=O)c2cccc3c2ccn3C(C)C)=NO1)B1O[C@@H]2C[C@@H]3C[C@@H](C3(C)C)[C@]2(C)O1. The Bertz CT molecular complexity index is 1750. The first-order chi connectivity index (χ1) is 23.3. The van der Waals surface area contributed by atoms with Crippen molar-refractivity contribution in [2.24, 2.45) is 28.3 Å². The van der Waals surface area contributed by atoms with E-state index in [1.54, 1.807) is 0 Å². The van der Waals surface area contributed by atoms with Gasteiger partial charge in [-0.15, -0.1) is 0 Å². The zero-order valence-electron chi connectivity index (χ0n) is 30.0. The van der Waals surface area contributed by atoms with Crippen LogP contribution in [0.15, 0.2) is 65.9 Å². The molecule has 1 unspecified atom stereocenters. The lowest BCUT2D eigenvalue weighted by molar-refractivity contribution is -0.199. The first-order valence-electron chi connectivity index (χ1n) is 18.1. The number of fused-ring (bicyclic) bond motifs is 1. The molecule has 8 rings (SSSR count). The predicted molar refractivity (Wildman–Crippen MR) is 192 cm³/mol. The van der Waals surface area contributed by atoms with E-state index >= 15 is 0 Å². The molecule has 5 aliphatic rings. The van der Waals surface area contributed by atoms with Gasteiger partial charge >= 0.3 is 7.12 Å². The van der Waals surface area contributed by atoms with Crippen molar-refractivity contribution in [3.05, 3.63) is 71.9 Å². The normalized spacial score (nSPS) is 29.0. The van der Waals surface area contributed by atoms with Crippen LogP contribution in [0.2, 0.25) is 0 Å². The second-order valence-electron chi connectivity index (χ2n) is 16.4. The highest BCUT2D eigenvalue weighted by atomic mass is 16.7. The van der Waals surface area contributed by atoms with E-state index in [-0.39, 0.29) is 53.9 Å². The van der Waals surface area contributed by atoms with Crippen molar-refractivity contribution >= 4 is 35.5 Å². The third kappa shape index (κ3) is 5.99. The van der Waals surface area contributed by atoms with Crippen molar-refractivity contribution in [3.8, 4) is 0 Å². The number of oxime groups is 1. The zero-order chi connectivity index (χ0) is 34.7. The van der Waals surface area contributed by atoms with E-state index in [0.29, 0.717) is 41.9 Å². The van der Waals surface area contributed by atoms with Gasteiger partial charge in [0.05, 0.1) is 29.9 Å². The van der Waals surface area contributed by atoms with Crippen LogP contribution in [0.25, 0.3) is 10.9 Å². The molecule has 2 aromatic carbocycles. The van der Waals surface area contributed by atoms with Crippen LogP contribution >= 0.6 is 0 Å². The zero-order valence-corrected chi connectivity index (χ0v) is 30.0. The molecule has 49 heavy (non-hydrogen) atoms. The summed E-state index contributed by atoms with van der Waals surface area (Å²) in [6, 6.07) is 17.9. The molecular weight excluding hydrogens is 615 g/mol. The van der Waals surface area contributed by atoms with Crippen molar-refractivity contribution in [1.29, 1.82) is 0 Å². The summed E-state index contributed by atoms with van der Waals surface area (Å²) in [6.45, 7) is 15.6. The number of aromatic nitrogens is 1. The van der Waals surface area contributed by atoms with Crippen molar-refractivity contribution in [2.45, 2.75) is 110 Å². The molecule has 3 heterocycles. The highest BCUT2D eigenvalue weighted by Crippen LogP contribution is 2.65. The summed E-state index contributed by atoms with van der Waals surface area (Å²) in [4.78, 5) is 34.1. The molecule has 0 spiro atoms. The van der Waals surface area contributed by atoms with Gasteiger partial charge in [-0.3, -0.25) is 9.59 Å². The van der Waals surface area contributed by atoms with Crippen molar-refractivity contribution in [1.82, 2.24) is 15.2 Å². The molecule has 2 aliphatic heterocycles. The highest BCUT2D eigenvalue weighted by Gasteiger charge is 2.68. The largest absolute Gasteiger partial charge is 0.481 e. The maximum atomic E-state index is 14.5. The fourth-order valence-corrected chi connectivity index (χ4v) is 9.09. The fourth-order valence-electron chi connectivity index (χ4n) is 9.09. The van der Waals surface area contributed by atoms with Crippen molar-refractivity contribution < 1.29 is 23.7 Å². The fraction of sp³-hybridized carbons (Fsp3) is 0.564. The first kappa shape index (κ1) is 33.9. The maximum absolute atomic E-state index is 14.5. The second-order valence-corrected chi connectivity index (χ2v) is 16.4. The summed E-state index contributed by atoms with van der Waals surface area (Å²) in [5.41, 5.74) is 1.78. The molecular formula is C39H51BN4O5. The smallest absolute Gasteiger partial charge is 0.404 e. The Balaban J connectivity index is 1.07. The van der Waals surface area contributed by atoms with Gasteiger partial charge in [0.25, 0.3) is 11.8 Å². The third-order valence-electron chi connectivity index (χ3n) is 11.9. The molecule has 260 valence electrons. The maximum Gasteiger partial charge on any atom is 0.481 e. The summed E-state index contributed by atoms with van der Waals surface area (Å²) in [5, 5.41) is 11.7.